The Hall–Kier alpha value is -1.33. The third kappa shape index (κ3) is 2.68. The number of benzene rings is 1. The predicted molar refractivity (Wildman–Crippen MR) is 67.4 cm³/mol. The fourth-order valence-electron chi connectivity index (χ4n) is 2.37. The summed E-state index contributed by atoms with van der Waals surface area (Å²) in [6.07, 6.45) is 3.50. The molecule has 0 radical (unpaired) electrons. The van der Waals surface area contributed by atoms with E-state index in [9.17, 15) is 5.11 Å². The van der Waals surface area contributed by atoms with Crippen molar-refractivity contribution in [2.45, 2.75) is 44.6 Å². The lowest BCUT2D eigenvalue weighted by Gasteiger charge is -2.19. The van der Waals surface area contributed by atoms with E-state index in [-0.39, 0.29) is 5.92 Å². The van der Waals surface area contributed by atoms with Gasteiger partial charge in [-0.3, -0.25) is 0 Å². The third-order valence-corrected chi connectivity index (χ3v) is 3.48. The number of nitriles is 1. The number of hydrogen-bond acceptors (Lipinski definition) is 2. The number of rotatable bonds is 5. The Labute approximate surface area is 103 Å². The molecule has 2 atom stereocenters. The van der Waals surface area contributed by atoms with E-state index in [1.165, 1.54) is 18.4 Å². The Morgan fingerprint density at radius 2 is 2.12 bits per heavy atom. The molecule has 2 unspecified atom stereocenters. The summed E-state index contributed by atoms with van der Waals surface area (Å²) >= 11 is 0. The topological polar surface area (TPSA) is 44.0 Å². The highest BCUT2D eigenvalue weighted by Gasteiger charge is 2.30. The van der Waals surface area contributed by atoms with Crippen molar-refractivity contribution in [1.29, 1.82) is 5.26 Å². The minimum atomic E-state index is -0.628. The van der Waals surface area contributed by atoms with Crippen molar-refractivity contribution in [3.05, 3.63) is 35.4 Å². The van der Waals surface area contributed by atoms with E-state index in [0.717, 1.165) is 18.4 Å². The Balaban J connectivity index is 2.23. The number of aliphatic hydroxyl groups excluding tert-OH is 1. The Morgan fingerprint density at radius 1 is 1.41 bits per heavy atom. The summed E-state index contributed by atoms with van der Waals surface area (Å²) < 4.78 is 0. The first-order valence-electron chi connectivity index (χ1n) is 6.44. The quantitative estimate of drug-likeness (QED) is 0.839. The van der Waals surface area contributed by atoms with Gasteiger partial charge in [-0.2, -0.15) is 5.26 Å². The smallest absolute Gasteiger partial charge is 0.0950 e. The molecule has 1 aromatic carbocycles. The minimum absolute atomic E-state index is 0.278. The number of aliphatic hydroxyl groups is 1. The van der Waals surface area contributed by atoms with Crippen LogP contribution < -0.4 is 0 Å². The molecule has 1 N–H and O–H groups in total. The van der Waals surface area contributed by atoms with Crippen LogP contribution in [0.25, 0.3) is 0 Å². The standard InChI is InChI=1S/C15H19NO/c1-2-5-12(10-16)15(17)14-7-4-3-6-13(14)11-8-9-11/h3-4,6-7,11-12,15,17H,2,5,8-9H2,1H3. The van der Waals surface area contributed by atoms with Gasteiger partial charge in [-0.15, -0.1) is 0 Å². The van der Waals surface area contributed by atoms with Crippen LogP contribution in [-0.2, 0) is 0 Å². The van der Waals surface area contributed by atoms with Crippen LogP contribution in [-0.4, -0.2) is 5.11 Å². The Morgan fingerprint density at radius 3 is 2.71 bits per heavy atom. The van der Waals surface area contributed by atoms with E-state index in [1.54, 1.807) is 0 Å². The second kappa shape index (κ2) is 5.33. The first-order chi connectivity index (χ1) is 8.27. The highest BCUT2D eigenvalue weighted by atomic mass is 16.3. The molecule has 0 bridgehead atoms. The van der Waals surface area contributed by atoms with Gasteiger partial charge in [0.2, 0.25) is 0 Å². The van der Waals surface area contributed by atoms with E-state index in [2.05, 4.69) is 12.1 Å². The highest BCUT2D eigenvalue weighted by molar-refractivity contribution is 5.35. The van der Waals surface area contributed by atoms with Crippen LogP contribution in [0.3, 0.4) is 0 Å². The summed E-state index contributed by atoms with van der Waals surface area (Å²) in [6, 6.07) is 10.3. The molecular formula is C15H19NO. The van der Waals surface area contributed by atoms with Crippen molar-refractivity contribution in [2.24, 2.45) is 5.92 Å². The fraction of sp³-hybridized carbons (Fsp3) is 0.533. The SMILES string of the molecule is CCCC(C#N)C(O)c1ccccc1C1CC1. The van der Waals surface area contributed by atoms with Gasteiger partial charge in [-0.05, 0) is 36.3 Å². The van der Waals surface area contributed by atoms with Gasteiger partial charge >= 0.3 is 0 Å². The number of nitrogens with zero attached hydrogens (tertiary/aromatic N) is 1. The van der Waals surface area contributed by atoms with E-state index < -0.39 is 6.10 Å². The molecule has 2 heteroatoms. The lowest BCUT2D eigenvalue weighted by Crippen LogP contribution is -2.12. The lowest BCUT2D eigenvalue weighted by atomic mass is 9.89. The predicted octanol–water partition coefficient (Wildman–Crippen LogP) is 3.54. The van der Waals surface area contributed by atoms with Crippen molar-refractivity contribution < 1.29 is 5.11 Å². The maximum atomic E-state index is 10.3. The normalized spacial score (nSPS) is 18.4. The zero-order valence-corrected chi connectivity index (χ0v) is 10.3. The summed E-state index contributed by atoms with van der Waals surface area (Å²) in [4.78, 5) is 0. The molecule has 17 heavy (non-hydrogen) atoms. The van der Waals surface area contributed by atoms with Gasteiger partial charge in [0.25, 0.3) is 0 Å². The lowest BCUT2D eigenvalue weighted by molar-refractivity contribution is 0.129. The monoisotopic (exact) mass is 229 g/mol. The molecule has 0 saturated heterocycles. The third-order valence-electron chi connectivity index (χ3n) is 3.48. The first kappa shape index (κ1) is 12.1. The van der Waals surface area contributed by atoms with Crippen molar-refractivity contribution in [3.8, 4) is 6.07 Å². The minimum Gasteiger partial charge on any atom is -0.387 e. The second-order valence-corrected chi connectivity index (χ2v) is 4.87. The van der Waals surface area contributed by atoms with Crippen LogP contribution in [0.2, 0.25) is 0 Å². The zero-order chi connectivity index (χ0) is 12.3. The largest absolute Gasteiger partial charge is 0.387 e. The van der Waals surface area contributed by atoms with Crippen LogP contribution >= 0.6 is 0 Å². The van der Waals surface area contributed by atoms with Gasteiger partial charge in [0, 0.05) is 0 Å². The van der Waals surface area contributed by atoms with Crippen LogP contribution in [0.1, 0.15) is 55.8 Å². The molecule has 0 aliphatic heterocycles. The van der Waals surface area contributed by atoms with Crippen LogP contribution in [0.15, 0.2) is 24.3 Å². The fourth-order valence-corrected chi connectivity index (χ4v) is 2.37. The van der Waals surface area contributed by atoms with Crippen molar-refractivity contribution in [1.82, 2.24) is 0 Å². The highest BCUT2D eigenvalue weighted by Crippen LogP contribution is 2.44. The molecule has 1 aliphatic carbocycles. The van der Waals surface area contributed by atoms with Gasteiger partial charge in [0.15, 0.2) is 0 Å². The van der Waals surface area contributed by atoms with E-state index in [1.807, 2.05) is 25.1 Å². The summed E-state index contributed by atoms with van der Waals surface area (Å²) in [7, 11) is 0. The molecule has 1 fully saturated rings. The second-order valence-electron chi connectivity index (χ2n) is 4.87. The maximum Gasteiger partial charge on any atom is 0.0950 e. The molecule has 0 heterocycles. The van der Waals surface area contributed by atoms with Gasteiger partial charge in [0.05, 0.1) is 18.1 Å². The van der Waals surface area contributed by atoms with Crippen molar-refractivity contribution >= 4 is 0 Å². The Kier molecular flexibility index (Phi) is 3.81. The van der Waals surface area contributed by atoms with E-state index in [4.69, 9.17) is 5.26 Å². The van der Waals surface area contributed by atoms with Crippen molar-refractivity contribution in [2.75, 3.05) is 0 Å². The molecule has 1 aromatic rings. The van der Waals surface area contributed by atoms with Crippen molar-refractivity contribution in [3.63, 3.8) is 0 Å². The van der Waals surface area contributed by atoms with Crippen LogP contribution in [0.4, 0.5) is 0 Å². The molecule has 1 saturated carbocycles. The van der Waals surface area contributed by atoms with Gasteiger partial charge in [-0.25, -0.2) is 0 Å². The molecule has 2 rings (SSSR count). The van der Waals surface area contributed by atoms with E-state index >= 15 is 0 Å². The summed E-state index contributed by atoms with van der Waals surface area (Å²) in [5.41, 5.74) is 2.21. The van der Waals surface area contributed by atoms with Gasteiger partial charge < -0.3 is 5.11 Å². The molecule has 2 nitrogen and oxygen atoms in total. The average Bonchev–Trinajstić information content (AvgIpc) is 3.19. The van der Waals surface area contributed by atoms with Crippen LogP contribution in [0.5, 0.6) is 0 Å². The summed E-state index contributed by atoms with van der Waals surface area (Å²) in [5, 5.41) is 19.5. The molecule has 1 aliphatic rings. The number of hydrogen-bond donors (Lipinski definition) is 1. The maximum absolute atomic E-state index is 10.3. The zero-order valence-electron chi connectivity index (χ0n) is 10.3. The summed E-state index contributed by atoms with van der Waals surface area (Å²) in [6.45, 7) is 2.05. The van der Waals surface area contributed by atoms with Crippen LogP contribution in [0, 0.1) is 17.2 Å². The average molecular weight is 229 g/mol. The van der Waals surface area contributed by atoms with Gasteiger partial charge in [-0.1, -0.05) is 37.6 Å². The van der Waals surface area contributed by atoms with E-state index in [0.29, 0.717) is 5.92 Å². The molecule has 0 spiro atoms. The molecular weight excluding hydrogens is 210 g/mol. The summed E-state index contributed by atoms with van der Waals surface area (Å²) in [5.74, 6) is 0.335. The molecule has 90 valence electrons. The van der Waals surface area contributed by atoms with Gasteiger partial charge in [0.1, 0.15) is 0 Å². The Bertz CT molecular complexity index is 417. The molecule has 0 aromatic heterocycles. The molecule has 0 amide bonds. The first-order valence-corrected chi connectivity index (χ1v) is 6.44.